The van der Waals surface area contributed by atoms with Crippen LogP contribution in [-0.4, -0.2) is 44.2 Å². The van der Waals surface area contributed by atoms with Crippen LogP contribution in [0.15, 0.2) is 33.9 Å². The van der Waals surface area contributed by atoms with Gasteiger partial charge in [0.05, 0.1) is 17.4 Å². The second kappa shape index (κ2) is 7.10. The van der Waals surface area contributed by atoms with Gasteiger partial charge < -0.3 is 4.90 Å². The van der Waals surface area contributed by atoms with Crippen molar-refractivity contribution in [3.8, 4) is 0 Å². The molecule has 2 aromatic rings. The number of sulfonamides is 1. The Morgan fingerprint density at radius 2 is 2.00 bits per heavy atom. The molecule has 0 spiro atoms. The Kier molecular flexibility index (Phi) is 5.62. The number of carbonyl (C=O) groups is 1. The Bertz CT molecular complexity index is 740. The summed E-state index contributed by atoms with van der Waals surface area (Å²) in [4.78, 5) is 14.6. The van der Waals surface area contributed by atoms with Crippen LogP contribution >= 0.6 is 34.3 Å². The fraction of sp³-hybridized carbons (Fsp3) is 0.308. The van der Waals surface area contributed by atoms with Crippen molar-refractivity contribution in [1.82, 2.24) is 9.21 Å². The van der Waals surface area contributed by atoms with E-state index in [1.807, 2.05) is 6.07 Å². The maximum atomic E-state index is 12.3. The SMILES string of the molecule is CN(Cc1ccc(Cl)s1)C(=O)CN(C)S(=O)(=O)c1cccs1. The van der Waals surface area contributed by atoms with Gasteiger partial charge in [-0.2, -0.15) is 4.31 Å². The minimum absolute atomic E-state index is 0.199. The first-order valence-electron chi connectivity index (χ1n) is 6.28. The Balaban J connectivity index is 1.99. The van der Waals surface area contributed by atoms with E-state index >= 15 is 0 Å². The highest BCUT2D eigenvalue weighted by atomic mass is 35.5. The van der Waals surface area contributed by atoms with Crippen molar-refractivity contribution < 1.29 is 13.2 Å². The summed E-state index contributed by atoms with van der Waals surface area (Å²) in [6, 6.07) is 6.81. The van der Waals surface area contributed by atoms with Crippen LogP contribution in [0.5, 0.6) is 0 Å². The van der Waals surface area contributed by atoms with Gasteiger partial charge in [0.1, 0.15) is 4.21 Å². The van der Waals surface area contributed by atoms with Gasteiger partial charge in [-0.25, -0.2) is 8.42 Å². The molecule has 0 fully saturated rings. The first-order chi connectivity index (χ1) is 10.3. The second-order valence-electron chi connectivity index (χ2n) is 4.65. The summed E-state index contributed by atoms with van der Waals surface area (Å²) in [5.41, 5.74) is 0. The molecule has 0 atom stereocenters. The molecule has 2 aromatic heterocycles. The van der Waals surface area contributed by atoms with Gasteiger partial charge in [0.25, 0.3) is 10.0 Å². The fourth-order valence-corrected chi connectivity index (χ4v) is 5.18. The molecule has 0 aliphatic carbocycles. The number of hydrogen-bond donors (Lipinski definition) is 0. The molecule has 0 radical (unpaired) electrons. The maximum Gasteiger partial charge on any atom is 0.252 e. The van der Waals surface area contributed by atoms with Crippen LogP contribution in [0.1, 0.15) is 4.88 Å². The molecule has 0 aromatic carbocycles. The molecule has 0 aliphatic rings. The average molecular weight is 379 g/mol. The highest BCUT2D eigenvalue weighted by Gasteiger charge is 2.25. The minimum atomic E-state index is -3.61. The van der Waals surface area contributed by atoms with E-state index in [4.69, 9.17) is 11.6 Å². The maximum absolute atomic E-state index is 12.3. The van der Waals surface area contributed by atoms with Crippen molar-refractivity contribution in [2.45, 2.75) is 10.8 Å². The zero-order valence-corrected chi connectivity index (χ0v) is 15.2. The molecule has 2 heterocycles. The Morgan fingerprint density at radius 1 is 1.27 bits per heavy atom. The van der Waals surface area contributed by atoms with Crippen molar-refractivity contribution in [3.63, 3.8) is 0 Å². The molecule has 0 saturated heterocycles. The van der Waals surface area contributed by atoms with Crippen LogP contribution in [0.4, 0.5) is 0 Å². The number of likely N-dealkylation sites (N-methyl/N-ethyl adjacent to an activating group) is 2. The highest BCUT2D eigenvalue weighted by Crippen LogP contribution is 2.23. The molecule has 1 amide bonds. The predicted molar refractivity (Wildman–Crippen MR) is 89.9 cm³/mol. The van der Waals surface area contributed by atoms with Crippen LogP contribution in [0.2, 0.25) is 4.34 Å². The average Bonchev–Trinajstić information content (AvgIpc) is 3.10. The summed E-state index contributed by atoms with van der Waals surface area (Å²) in [7, 11) is -0.561. The predicted octanol–water partition coefficient (Wildman–Crippen LogP) is 2.74. The molecule has 22 heavy (non-hydrogen) atoms. The molecular weight excluding hydrogens is 364 g/mol. The van der Waals surface area contributed by atoms with E-state index in [9.17, 15) is 13.2 Å². The van der Waals surface area contributed by atoms with Crippen LogP contribution in [0, 0.1) is 0 Å². The molecule has 5 nitrogen and oxygen atoms in total. The molecule has 120 valence electrons. The van der Waals surface area contributed by atoms with Gasteiger partial charge in [-0.05, 0) is 23.6 Å². The first kappa shape index (κ1) is 17.4. The van der Waals surface area contributed by atoms with Crippen molar-refractivity contribution in [3.05, 3.63) is 38.9 Å². The van der Waals surface area contributed by atoms with Crippen LogP contribution in [0.3, 0.4) is 0 Å². The second-order valence-corrected chi connectivity index (χ2v) is 9.67. The molecule has 0 aliphatic heterocycles. The summed E-state index contributed by atoms with van der Waals surface area (Å²) in [5, 5.41) is 1.69. The number of carbonyl (C=O) groups excluding carboxylic acids is 1. The van der Waals surface area contributed by atoms with Gasteiger partial charge >= 0.3 is 0 Å². The number of rotatable bonds is 6. The fourth-order valence-electron chi connectivity index (χ4n) is 1.72. The topological polar surface area (TPSA) is 57.7 Å². The standard InChI is InChI=1S/C13H15ClN2O3S3/c1-15(8-10-5-6-11(14)21-10)12(17)9-16(2)22(18,19)13-4-3-7-20-13/h3-7H,8-9H2,1-2H3. The summed E-state index contributed by atoms with van der Waals surface area (Å²) in [6.07, 6.45) is 0. The third-order valence-electron chi connectivity index (χ3n) is 2.97. The van der Waals surface area contributed by atoms with Crippen molar-refractivity contribution >= 4 is 50.2 Å². The van der Waals surface area contributed by atoms with Crippen LogP contribution in [-0.2, 0) is 21.4 Å². The van der Waals surface area contributed by atoms with Crippen molar-refractivity contribution in [2.75, 3.05) is 20.6 Å². The molecule has 0 bridgehead atoms. The van der Waals surface area contributed by atoms with E-state index in [0.29, 0.717) is 10.9 Å². The van der Waals surface area contributed by atoms with Gasteiger partial charge in [0.15, 0.2) is 0 Å². The lowest BCUT2D eigenvalue weighted by atomic mass is 10.4. The molecular formula is C13H15ClN2O3S3. The van der Waals surface area contributed by atoms with Gasteiger partial charge in [0.2, 0.25) is 5.91 Å². The van der Waals surface area contributed by atoms with Crippen molar-refractivity contribution in [1.29, 1.82) is 0 Å². The summed E-state index contributed by atoms with van der Waals surface area (Å²) in [6.45, 7) is 0.207. The number of thiophene rings is 2. The van der Waals surface area contributed by atoms with Crippen molar-refractivity contribution in [2.24, 2.45) is 0 Å². The smallest absolute Gasteiger partial charge is 0.252 e. The number of halogens is 1. The lowest BCUT2D eigenvalue weighted by Crippen LogP contribution is -2.38. The van der Waals surface area contributed by atoms with E-state index in [1.165, 1.54) is 29.4 Å². The Morgan fingerprint density at radius 3 is 2.55 bits per heavy atom. The van der Waals surface area contributed by atoms with Crippen LogP contribution in [0.25, 0.3) is 0 Å². The lowest BCUT2D eigenvalue weighted by molar-refractivity contribution is -0.130. The summed E-state index contributed by atoms with van der Waals surface area (Å²) in [5.74, 6) is -0.271. The molecule has 0 saturated carbocycles. The zero-order valence-electron chi connectivity index (χ0n) is 12.0. The van der Waals surface area contributed by atoms with Gasteiger partial charge in [-0.15, -0.1) is 22.7 Å². The largest absolute Gasteiger partial charge is 0.339 e. The number of amides is 1. The zero-order chi connectivity index (χ0) is 16.3. The van der Waals surface area contributed by atoms with Gasteiger partial charge in [0, 0.05) is 19.0 Å². The van der Waals surface area contributed by atoms with Gasteiger partial charge in [-0.3, -0.25) is 4.79 Å². The Hall–Kier alpha value is -0.930. The quantitative estimate of drug-likeness (QED) is 0.776. The van der Waals surface area contributed by atoms with Gasteiger partial charge in [-0.1, -0.05) is 17.7 Å². The van der Waals surface area contributed by atoms with E-state index in [-0.39, 0.29) is 16.7 Å². The minimum Gasteiger partial charge on any atom is -0.339 e. The van der Waals surface area contributed by atoms with E-state index in [1.54, 1.807) is 24.6 Å². The monoisotopic (exact) mass is 378 g/mol. The number of hydrogen-bond acceptors (Lipinski definition) is 5. The first-order valence-corrected chi connectivity index (χ1v) is 9.80. The van der Waals surface area contributed by atoms with E-state index in [2.05, 4.69) is 0 Å². The molecule has 2 rings (SSSR count). The lowest BCUT2D eigenvalue weighted by Gasteiger charge is -2.21. The van der Waals surface area contributed by atoms with E-state index < -0.39 is 10.0 Å². The van der Waals surface area contributed by atoms with E-state index in [0.717, 1.165) is 20.5 Å². The normalized spacial score (nSPS) is 11.8. The summed E-state index contributed by atoms with van der Waals surface area (Å²) < 4.78 is 26.5. The Labute approximate surface area is 142 Å². The third-order valence-corrected chi connectivity index (χ3v) is 7.36. The third kappa shape index (κ3) is 4.08. The van der Waals surface area contributed by atoms with Crippen LogP contribution < -0.4 is 0 Å². The molecule has 0 N–H and O–H groups in total. The number of nitrogens with zero attached hydrogens (tertiary/aromatic N) is 2. The summed E-state index contributed by atoms with van der Waals surface area (Å²) >= 11 is 8.38. The molecule has 0 unspecified atom stereocenters. The highest BCUT2D eigenvalue weighted by molar-refractivity contribution is 7.91. The molecule has 9 heteroatoms.